The number of aromatic hydroxyl groups is 1. The molecule has 136 valence electrons. The van der Waals surface area contributed by atoms with Crippen LogP contribution in [0.3, 0.4) is 0 Å². The molecule has 1 N–H and O–H groups in total. The van der Waals surface area contributed by atoms with Gasteiger partial charge in [-0.05, 0) is 51.8 Å². The van der Waals surface area contributed by atoms with Crippen molar-refractivity contribution in [1.29, 1.82) is 0 Å². The summed E-state index contributed by atoms with van der Waals surface area (Å²) < 4.78 is 19.6. The van der Waals surface area contributed by atoms with Gasteiger partial charge in [0.2, 0.25) is 0 Å². The number of benzene rings is 2. The molecule has 0 saturated heterocycles. The number of hydrogen-bond donors (Lipinski definition) is 1. The second kappa shape index (κ2) is 6.51. The highest BCUT2D eigenvalue weighted by atomic mass is 79.9. The summed E-state index contributed by atoms with van der Waals surface area (Å²) in [5.41, 5.74) is -0.282. The lowest BCUT2D eigenvalue weighted by Gasteiger charge is -2.14. The summed E-state index contributed by atoms with van der Waals surface area (Å²) in [7, 11) is 0. The van der Waals surface area contributed by atoms with E-state index in [-0.39, 0.29) is 27.8 Å². The average Bonchev–Trinajstić information content (AvgIpc) is 2.64. The number of halogens is 3. The highest BCUT2D eigenvalue weighted by Gasteiger charge is 2.20. The molecule has 0 saturated carbocycles. The molecule has 4 aromatic rings. The first-order valence-electron chi connectivity index (χ1n) is 7.78. The smallest absolute Gasteiger partial charge is 0.354 e. The fourth-order valence-electron chi connectivity index (χ4n) is 2.98. The standard InChI is InChI=1S/C19H10BrClFNO4/c20-15-16(24)14-17(27-19(15)26)12-6-3-10(21)7-13(12)23(18(14)25)8-9-1-4-11(22)5-2-9/h1-7,24H,8H2. The fourth-order valence-corrected chi connectivity index (χ4v) is 3.43. The summed E-state index contributed by atoms with van der Waals surface area (Å²) in [5, 5.41) is 11.1. The van der Waals surface area contributed by atoms with E-state index in [9.17, 15) is 19.1 Å². The molecule has 0 aliphatic carbocycles. The van der Waals surface area contributed by atoms with Crippen molar-refractivity contribution >= 4 is 49.4 Å². The SMILES string of the molecule is O=c1oc2c(c(O)c1Br)c(=O)n(Cc1ccc(F)cc1)c1cc(Cl)ccc21. The van der Waals surface area contributed by atoms with Crippen LogP contribution in [0.2, 0.25) is 5.02 Å². The van der Waals surface area contributed by atoms with Crippen LogP contribution in [0, 0.1) is 5.82 Å². The zero-order chi connectivity index (χ0) is 19.3. The Morgan fingerprint density at radius 3 is 2.56 bits per heavy atom. The van der Waals surface area contributed by atoms with Crippen molar-refractivity contribution in [1.82, 2.24) is 4.57 Å². The molecule has 0 unspecified atom stereocenters. The molecule has 0 fully saturated rings. The maximum absolute atomic E-state index is 13.2. The van der Waals surface area contributed by atoms with E-state index in [4.69, 9.17) is 16.0 Å². The Labute approximate surface area is 164 Å². The molecule has 2 heterocycles. The quantitative estimate of drug-likeness (QED) is 0.459. The summed E-state index contributed by atoms with van der Waals surface area (Å²) in [6.07, 6.45) is 0. The molecule has 0 aliphatic rings. The molecular weight excluding hydrogens is 441 g/mol. The monoisotopic (exact) mass is 449 g/mol. The zero-order valence-electron chi connectivity index (χ0n) is 13.5. The summed E-state index contributed by atoms with van der Waals surface area (Å²) >= 11 is 9.03. The Balaban J connectivity index is 2.14. The predicted octanol–water partition coefficient (Wildman–Crippen LogP) is 4.42. The van der Waals surface area contributed by atoms with Crippen molar-refractivity contribution in [2.75, 3.05) is 0 Å². The molecule has 2 aromatic carbocycles. The van der Waals surface area contributed by atoms with Gasteiger partial charge in [0.1, 0.15) is 15.7 Å². The van der Waals surface area contributed by atoms with Gasteiger partial charge in [-0.15, -0.1) is 0 Å². The molecule has 0 aliphatic heterocycles. The first kappa shape index (κ1) is 17.8. The molecule has 0 atom stereocenters. The minimum atomic E-state index is -0.799. The highest BCUT2D eigenvalue weighted by Crippen LogP contribution is 2.32. The van der Waals surface area contributed by atoms with E-state index >= 15 is 0 Å². The molecule has 0 spiro atoms. The minimum absolute atomic E-state index is 0.0206. The first-order chi connectivity index (χ1) is 12.9. The molecular formula is C19H10BrClFNO4. The van der Waals surface area contributed by atoms with Gasteiger partial charge in [0.15, 0.2) is 11.3 Å². The van der Waals surface area contributed by atoms with Gasteiger partial charge in [-0.3, -0.25) is 4.79 Å². The van der Waals surface area contributed by atoms with Gasteiger partial charge in [-0.1, -0.05) is 23.7 Å². The van der Waals surface area contributed by atoms with Crippen LogP contribution in [0.15, 0.2) is 60.9 Å². The maximum Gasteiger partial charge on any atom is 0.354 e. The van der Waals surface area contributed by atoms with Crippen LogP contribution in [0.5, 0.6) is 5.75 Å². The molecule has 8 heteroatoms. The van der Waals surface area contributed by atoms with Crippen LogP contribution in [0.4, 0.5) is 4.39 Å². The minimum Gasteiger partial charge on any atom is -0.506 e. The predicted molar refractivity (Wildman–Crippen MR) is 104 cm³/mol. The first-order valence-corrected chi connectivity index (χ1v) is 8.95. The van der Waals surface area contributed by atoms with E-state index < -0.39 is 16.9 Å². The molecule has 27 heavy (non-hydrogen) atoms. The molecule has 2 aromatic heterocycles. The lowest BCUT2D eigenvalue weighted by atomic mass is 10.1. The second-order valence-corrected chi connectivity index (χ2v) is 7.16. The van der Waals surface area contributed by atoms with Gasteiger partial charge < -0.3 is 14.1 Å². The van der Waals surface area contributed by atoms with Crippen molar-refractivity contribution in [2.45, 2.75) is 6.54 Å². The van der Waals surface area contributed by atoms with Crippen LogP contribution < -0.4 is 11.2 Å². The Bertz CT molecular complexity index is 1330. The van der Waals surface area contributed by atoms with Gasteiger partial charge in [0, 0.05) is 10.4 Å². The number of fused-ring (bicyclic) bond motifs is 3. The number of nitrogens with zero attached hydrogens (tertiary/aromatic N) is 1. The lowest BCUT2D eigenvalue weighted by Crippen LogP contribution is -2.22. The van der Waals surface area contributed by atoms with Crippen LogP contribution >= 0.6 is 27.5 Å². The summed E-state index contributed by atoms with van der Waals surface area (Å²) in [4.78, 5) is 25.1. The van der Waals surface area contributed by atoms with Crippen LogP contribution in [0.25, 0.3) is 21.9 Å². The van der Waals surface area contributed by atoms with E-state index in [1.54, 1.807) is 30.3 Å². The Morgan fingerprint density at radius 1 is 1.15 bits per heavy atom. The van der Waals surface area contributed by atoms with Crippen molar-refractivity contribution in [3.63, 3.8) is 0 Å². The fraction of sp³-hybridized carbons (Fsp3) is 0.0526. The Hall–Kier alpha value is -2.64. The van der Waals surface area contributed by atoms with Crippen molar-refractivity contribution in [2.24, 2.45) is 0 Å². The third-order valence-electron chi connectivity index (χ3n) is 4.25. The summed E-state index contributed by atoms with van der Waals surface area (Å²) in [6.45, 7) is 0.113. The Morgan fingerprint density at radius 2 is 1.85 bits per heavy atom. The normalized spacial score (nSPS) is 11.4. The summed E-state index contributed by atoms with van der Waals surface area (Å²) in [6, 6.07) is 10.5. The van der Waals surface area contributed by atoms with E-state index in [1.807, 2.05) is 0 Å². The topological polar surface area (TPSA) is 72.4 Å². The Kier molecular flexibility index (Phi) is 4.28. The van der Waals surface area contributed by atoms with E-state index in [0.29, 0.717) is 21.5 Å². The van der Waals surface area contributed by atoms with Crippen molar-refractivity contribution in [3.05, 3.63) is 84.1 Å². The third kappa shape index (κ3) is 2.93. The van der Waals surface area contributed by atoms with Crippen molar-refractivity contribution < 1.29 is 13.9 Å². The van der Waals surface area contributed by atoms with Crippen LogP contribution in [0.1, 0.15) is 5.56 Å². The number of rotatable bonds is 2. The largest absolute Gasteiger partial charge is 0.506 e. The van der Waals surface area contributed by atoms with Gasteiger partial charge in [-0.25, -0.2) is 9.18 Å². The molecule has 4 rings (SSSR count). The van der Waals surface area contributed by atoms with Gasteiger partial charge in [0.25, 0.3) is 5.56 Å². The molecule has 0 bridgehead atoms. The second-order valence-electron chi connectivity index (χ2n) is 5.94. The van der Waals surface area contributed by atoms with Gasteiger partial charge in [0.05, 0.1) is 12.1 Å². The maximum atomic E-state index is 13.2. The molecule has 0 amide bonds. The number of aromatic nitrogens is 1. The lowest BCUT2D eigenvalue weighted by molar-refractivity contribution is 0.462. The van der Waals surface area contributed by atoms with Crippen LogP contribution in [-0.4, -0.2) is 9.67 Å². The molecule has 5 nitrogen and oxygen atoms in total. The van der Waals surface area contributed by atoms with E-state index in [2.05, 4.69) is 15.9 Å². The average molecular weight is 451 g/mol. The van der Waals surface area contributed by atoms with E-state index in [0.717, 1.165) is 0 Å². The number of pyridine rings is 1. The summed E-state index contributed by atoms with van der Waals surface area (Å²) in [5.74, 6) is -0.878. The molecule has 0 radical (unpaired) electrons. The highest BCUT2D eigenvalue weighted by molar-refractivity contribution is 9.10. The van der Waals surface area contributed by atoms with Crippen molar-refractivity contribution in [3.8, 4) is 5.75 Å². The third-order valence-corrected chi connectivity index (χ3v) is 5.19. The van der Waals surface area contributed by atoms with Crippen LogP contribution in [-0.2, 0) is 6.54 Å². The van der Waals surface area contributed by atoms with E-state index in [1.165, 1.54) is 16.7 Å². The van der Waals surface area contributed by atoms with Gasteiger partial charge >= 0.3 is 5.63 Å². The zero-order valence-corrected chi connectivity index (χ0v) is 15.8. The van der Waals surface area contributed by atoms with Gasteiger partial charge in [-0.2, -0.15) is 0 Å². The number of hydrogen-bond acceptors (Lipinski definition) is 4.